The molecule has 2 N–H and O–H groups in total. The summed E-state index contributed by atoms with van der Waals surface area (Å²) in [6.45, 7) is 1.52. The number of hydrogen-bond donors (Lipinski definition) is 2. The molecule has 0 spiro atoms. The minimum Gasteiger partial charge on any atom is -0.356 e. The molecule has 0 bridgehead atoms. The zero-order chi connectivity index (χ0) is 17.5. The van der Waals surface area contributed by atoms with Crippen molar-refractivity contribution in [1.82, 2.24) is 20.0 Å². The average Bonchev–Trinajstić information content (AvgIpc) is 3.04. The number of nitrogens with zero attached hydrogens (tertiary/aromatic N) is 3. The van der Waals surface area contributed by atoms with Crippen molar-refractivity contribution in [2.24, 2.45) is 4.99 Å². The Morgan fingerprint density at radius 3 is 2.69 bits per heavy atom. The maximum absolute atomic E-state index is 4.59. The maximum atomic E-state index is 4.59. The van der Waals surface area contributed by atoms with Gasteiger partial charge in [0.2, 0.25) is 0 Å². The van der Waals surface area contributed by atoms with Gasteiger partial charge in [0, 0.05) is 30.5 Å². The van der Waals surface area contributed by atoms with Crippen LogP contribution in [0.15, 0.2) is 64.3 Å². The van der Waals surface area contributed by atoms with Gasteiger partial charge in [-0.15, -0.1) is 24.0 Å². The van der Waals surface area contributed by atoms with Crippen molar-refractivity contribution in [3.05, 3.63) is 70.6 Å². The minimum absolute atomic E-state index is 0. The number of benzene rings is 1. The van der Waals surface area contributed by atoms with Gasteiger partial charge >= 0.3 is 0 Å². The second kappa shape index (κ2) is 10.5. The summed E-state index contributed by atoms with van der Waals surface area (Å²) in [5, 5.41) is 6.66. The lowest BCUT2D eigenvalue weighted by molar-refractivity contribution is 0.739. The first kappa shape index (κ1) is 20.7. The van der Waals surface area contributed by atoms with Crippen molar-refractivity contribution in [3.8, 4) is 0 Å². The molecule has 2 aromatic heterocycles. The van der Waals surface area contributed by atoms with E-state index in [0.717, 1.165) is 41.2 Å². The van der Waals surface area contributed by atoms with Gasteiger partial charge in [-0.2, -0.15) is 0 Å². The van der Waals surface area contributed by atoms with Crippen LogP contribution in [-0.2, 0) is 13.0 Å². The molecular formula is C19H23BrIN5. The Hall–Kier alpha value is -1.61. The van der Waals surface area contributed by atoms with Gasteiger partial charge in [-0.1, -0.05) is 30.3 Å². The second-order valence-electron chi connectivity index (χ2n) is 5.79. The van der Waals surface area contributed by atoms with Gasteiger partial charge in [0.05, 0.1) is 12.2 Å². The number of aliphatic imine (C=N–C) groups is 1. The number of rotatable bonds is 6. The number of aromatic nitrogens is 2. The highest BCUT2D eigenvalue weighted by molar-refractivity contribution is 14.0. The van der Waals surface area contributed by atoms with Crippen molar-refractivity contribution < 1.29 is 0 Å². The summed E-state index contributed by atoms with van der Waals surface area (Å²) < 4.78 is 3.05. The van der Waals surface area contributed by atoms with E-state index in [9.17, 15) is 0 Å². The summed E-state index contributed by atoms with van der Waals surface area (Å²) >= 11 is 3.47. The Bertz CT molecular complexity index is 848. The molecule has 2 heterocycles. The molecular weight excluding hydrogens is 505 g/mol. The van der Waals surface area contributed by atoms with E-state index in [0.29, 0.717) is 6.54 Å². The molecule has 26 heavy (non-hydrogen) atoms. The second-order valence-corrected chi connectivity index (χ2v) is 6.70. The molecule has 0 saturated carbocycles. The molecule has 0 radical (unpaired) electrons. The maximum Gasteiger partial charge on any atom is 0.191 e. The van der Waals surface area contributed by atoms with Crippen LogP contribution in [0.5, 0.6) is 0 Å². The molecule has 3 rings (SSSR count). The van der Waals surface area contributed by atoms with Gasteiger partial charge in [-0.3, -0.25) is 4.99 Å². The molecule has 0 aliphatic rings. The molecule has 0 aliphatic carbocycles. The predicted octanol–water partition coefficient (Wildman–Crippen LogP) is 4.01. The molecule has 5 nitrogen and oxygen atoms in total. The lowest BCUT2D eigenvalue weighted by atomic mass is 10.1. The topological polar surface area (TPSA) is 53.7 Å². The normalized spacial score (nSPS) is 11.2. The molecule has 0 aliphatic heterocycles. The zero-order valence-electron chi connectivity index (χ0n) is 14.7. The zero-order valence-corrected chi connectivity index (χ0v) is 18.6. The van der Waals surface area contributed by atoms with Gasteiger partial charge in [-0.05, 0) is 46.5 Å². The van der Waals surface area contributed by atoms with Crippen molar-refractivity contribution in [1.29, 1.82) is 0 Å². The Labute approximate surface area is 179 Å². The lowest BCUT2D eigenvalue weighted by Crippen LogP contribution is -2.37. The van der Waals surface area contributed by atoms with Crippen molar-refractivity contribution >= 4 is 51.5 Å². The van der Waals surface area contributed by atoms with Crippen LogP contribution in [0.2, 0.25) is 0 Å². The summed E-state index contributed by atoms with van der Waals surface area (Å²) in [5.74, 6) is 0.797. The molecule has 138 valence electrons. The fourth-order valence-corrected chi connectivity index (χ4v) is 2.99. The molecule has 0 amide bonds. The molecule has 0 atom stereocenters. The Kier molecular flexibility index (Phi) is 8.37. The molecule has 0 fully saturated rings. The highest BCUT2D eigenvalue weighted by Crippen LogP contribution is 2.12. The van der Waals surface area contributed by atoms with Crippen LogP contribution >= 0.6 is 39.9 Å². The number of aryl methyl sites for hydroxylation is 1. The SMILES string of the molecule is CN=C(NCCCc1ccccc1)NCc1cn2cc(Br)ccc2n1.I. The number of pyridine rings is 1. The van der Waals surface area contributed by atoms with E-state index in [2.05, 4.69) is 60.8 Å². The predicted molar refractivity (Wildman–Crippen MR) is 121 cm³/mol. The number of hydrogen-bond acceptors (Lipinski definition) is 2. The number of guanidine groups is 1. The highest BCUT2D eigenvalue weighted by Gasteiger charge is 2.03. The third kappa shape index (κ3) is 5.98. The Morgan fingerprint density at radius 2 is 1.92 bits per heavy atom. The van der Waals surface area contributed by atoms with Gasteiger partial charge in [0.15, 0.2) is 5.96 Å². The summed E-state index contributed by atoms with van der Waals surface area (Å²) in [7, 11) is 1.79. The molecule has 7 heteroatoms. The smallest absolute Gasteiger partial charge is 0.191 e. The van der Waals surface area contributed by atoms with E-state index in [-0.39, 0.29) is 24.0 Å². The standard InChI is InChI=1S/C19H22BrN5.HI/c1-21-19(22-11-5-8-15-6-3-2-4-7-15)23-12-17-14-25-13-16(20)9-10-18(25)24-17;/h2-4,6-7,9-10,13-14H,5,8,11-12H2,1H3,(H2,21,22,23);1H. The van der Waals surface area contributed by atoms with Crippen LogP contribution in [-0.4, -0.2) is 28.9 Å². The van der Waals surface area contributed by atoms with E-state index in [1.807, 2.05) is 35.0 Å². The Balaban J connectivity index is 0.00000243. The van der Waals surface area contributed by atoms with Crippen LogP contribution < -0.4 is 10.6 Å². The fraction of sp³-hybridized carbons (Fsp3) is 0.263. The summed E-state index contributed by atoms with van der Waals surface area (Å²) in [5.41, 5.74) is 3.28. The molecule has 3 aromatic rings. The van der Waals surface area contributed by atoms with Gasteiger partial charge in [0.1, 0.15) is 5.65 Å². The van der Waals surface area contributed by atoms with Crippen molar-refractivity contribution in [2.45, 2.75) is 19.4 Å². The fourth-order valence-electron chi connectivity index (χ4n) is 2.64. The third-order valence-electron chi connectivity index (χ3n) is 3.90. The van der Waals surface area contributed by atoms with E-state index in [1.54, 1.807) is 7.05 Å². The van der Waals surface area contributed by atoms with Crippen LogP contribution in [0.4, 0.5) is 0 Å². The van der Waals surface area contributed by atoms with E-state index in [4.69, 9.17) is 0 Å². The van der Waals surface area contributed by atoms with Gasteiger partial charge in [-0.25, -0.2) is 4.98 Å². The van der Waals surface area contributed by atoms with Crippen LogP contribution in [0.3, 0.4) is 0 Å². The first-order valence-corrected chi connectivity index (χ1v) is 9.15. The number of fused-ring (bicyclic) bond motifs is 1. The highest BCUT2D eigenvalue weighted by atomic mass is 127. The van der Waals surface area contributed by atoms with Crippen molar-refractivity contribution in [3.63, 3.8) is 0 Å². The van der Waals surface area contributed by atoms with E-state index in [1.165, 1.54) is 5.56 Å². The summed E-state index contributed by atoms with van der Waals surface area (Å²) in [6.07, 6.45) is 6.15. The minimum atomic E-state index is 0. The van der Waals surface area contributed by atoms with Crippen LogP contribution in [0, 0.1) is 0 Å². The average molecular weight is 528 g/mol. The van der Waals surface area contributed by atoms with Crippen molar-refractivity contribution in [2.75, 3.05) is 13.6 Å². The number of nitrogens with one attached hydrogen (secondary N) is 2. The number of halogens is 2. The largest absolute Gasteiger partial charge is 0.356 e. The van der Waals surface area contributed by atoms with E-state index >= 15 is 0 Å². The van der Waals surface area contributed by atoms with Crippen LogP contribution in [0.1, 0.15) is 17.7 Å². The molecule has 0 unspecified atom stereocenters. The van der Waals surface area contributed by atoms with Crippen LogP contribution in [0.25, 0.3) is 5.65 Å². The first-order valence-electron chi connectivity index (χ1n) is 8.36. The van der Waals surface area contributed by atoms with Gasteiger partial charge in [0.25, 0.3) is 0 Å². The van der Waals surface area contributed by atoms with E-state index < -0.39 is 0 Å². The number of imidazole rings is 1. The summed E-state index contributed by atoms with van der Waals surface area (Å²) in [6, 6.07) is 14.5. The first-order chi connectivity index (χ1) is 12.2. The molecule has 0 saturated heterocycles. The quantitative estimate of drug-likeness (QED) is 0.220. The molecule has 1 aromatic carbocycles. The third-order valence-corrected chi connectivity index (χ3v) is 4.37. The van der Waals surface area contributed by atoms with Gasteiger partial charge < -0.3 is 15.0 Å². The summed E-state index contributed by atoms with van der Waals surface area (Å²) in [4.78, 5) is 8.86. The lowest BCUT2D eigenvalue weighted by Gasteiger charge is -2.10. The Morgan fingerprint density at radius 1 is 1.12 bits per heavy atom. The monoisotopic (exact) mass is 527 g/mol.